The van der Waals surface area contributed by atoms with Gasteiger partial charge >= 0.3 is 5.69 Å². The number of halogens is 2. The minimum atomic E-state index is -1.44. The van der Waals surface area contributed by atoms with Gasteiger partial charge in [-0.15, -0.1) is 0 Å². The Balaban J connectivity index is 2.88. The molecule has 0 aliphatic rings. The minimum Gasteiger partial charge on any atom is -0.492 e. The van der Waals surface area contributed by atoms with Gasteiger partial charge in [0.2, 0.25) is 11.7 Å². The van der Waals surface area contributed by atoms with Crippen molar-refractivity contribution >= 4 is 11.6 Å². The van der Waals surface area contributed by atoms with Crippen molar-refractivity contribution in [3.8, 4) is 11.6 Å². The maximum Gasteiger partial charge on any atom is 0.335 e. The van der Waals surface area contributed by atoms with Crippen molar-refractivity contribution in [1.29, 1.82) is 0 Å². The summed E-state index contributed by atoms with van der Waals surface area (Å²) in [5.74, 6) is -2.51. The largest absolute Gasteiger partial charge is 0.492 e. The first-order chi connectivity index (χ1) is 8.41. The molecule has 0 unspecified atom stereocenters. The molecule has 1 aromatic carbocycles. The Morgan fingerprint density at radius 3 is 2.72 bits per heavy atom. The molecule has 94 valence electrons. The van der Waals surface area contributed by atoms with Crippen LogP contribution in [0.1, 0.15) is 5.56 Å². The van der Waals surface area contributed by atoms with Gasteiger partial charge in [0.1, 0.15) is 0 Å². The number of hydrogen-bond donors (Lipinski definition) is 2. The highest BCUT2D eigenvalue weighted by Gasteiger charge is 2.16. The topological polar surface area (TPSA) is 75.1 Å². The Labute approximate surface area is 105 Å². The van der Waals surface area contributed by atoms with Crippen molar-refractivity contribution in [3.05, 3.63) is 55.4 Å². The lowest BCUT2D eigenvalue weighted by Crippen LogP contribution is -2.31. The number of benzene rings is 1. The molecule has 1 heterocycles. The molecule has 0 saturated carbocycles. The molecule has 0 bridgehead atoms. The van der Waals surface area contributed by atoms with E-state index in [1.54, 1.807) is 18.0 Å². The Morgan fingerprint density at radius 2 is 2.06 bits per heavy atom. The fourth-order valence-electron chi connectivity index (χ4n) is 1.52. The lowest BCUT2D eigenvalue weighted by molar-refractivity contribution is 0.386. The van der Waals surface area contributed by atoms with E-state index in [1.807, 2.05) is 0 Å². The normalized spacial score (nSPS) is 10.6. The number of aromatic hydroxyl groups is 1. The average Bonchev–Trinajstić information content (AvgIpc) is 2.31. The van der Waals surface area contributed by atoms with Crippen LogP contribution in [0.5, 0.6) is 5.88 Å². The molecule has 7 heteroatoms. The van der Waals surface area contributed by atoms with Gasteiger partial charge in [0, 0.05) is 0 Å². The smallest absolute Gasteiger partial charge is 0.335 e. The van der Waals surface area contributed by atoms with E-state index >= 15 is 0 Å². The van der Waals surface area contributed by atoms with Gasteiger partial charge in [0.25, 0.3) is 5.56 Å². The predicted molar refractivity (Wildman–Crippen MR) is 64.0 cm³/mol. The van der Waals surface area contributed by atoms with E-state index in [0.29, 0.717) is 4.57 Å². The molecule has 1 aromatic heterocycles. The van der Waals surface area contributed by atoms with Crippen LogP contribution in [0.15, 0.2) is 27.8 Å². The average molecular weight is 271 g/mol. The van der Waals surface area contributed by atoms with E-state index in [9.17, 15) is 19.1 Å². The van der Waals surface area contributed by atoms with Crippen molar-refractivity contribution in [2.24, 2.45) is 0 Å². The SMILES string of the molecule is Cc1ccc(Cl)c(-n2c(O)c(F)c(=O)[nH]c2=O)c1. The summed E-state index contributed by atoms with van der Waals surface area (Å²) in [6.07, 6.45) is 0. The second kappa shape index (κ2) is 4.30. The second-order valence-electron chi connectivity index (χ2n) is 3.69. The van der Waals surface area contributed by atoms with E-state index in [-0.39, 0.29) is 10.7 Å². The molecule has 0 spiro atoms. The maximum absolute atomic E-state index is 13.3. The molecule has 2 N–H and O–H groups in total. The van der Waals surface area contributed by atoms with Crippen molar-refractivity contribution in [2.45, 2.75) is 6.92 Å². The van der Waals surface area contributed by atoms with Gasteiger partial charge in [0.05, 0.1) is 10.7 Å². The molecule has 5 nitrogen and oxygen atoms in total. The van der Waals surface area contributed by atoms with Crippen LogP contribution in [0.3, 0.4) is 0 Å². The summed E-state index contributed by atoms with van der Waals surface area (Å²) in [6.45, 7) is 1.74. The summed E-state index contributed by atoms with van der Waals surface area (Å²) in [4.78, 5) is 24.3. The van der Waals surface area contributed by atoms with Gasteiger partial charge in [-0.2, -0.15) is 4.39 Å². The van der Waals surface area contributed by atoms with Crippen LogP contribution in [0, 0.1) is 12.7 Å². The molecule has 0 radical (unpaired) electrons. The van der Waals surface area contributed by atoms with E-state index in [0.717, 1.165) is 5.56 Å². The van der Waals surface area contributed by atoms with Gasteiger partial charge < -0.3 is 5.11 Å². The highest BCUT2D eigenvalue weighted by atomic mass is 35.5. The van der Waals surface area contributed by atoms with E-state index < -0.39 is 22.9 Å². The molecular formula is C11H8ClFN2O3. The van der Waals surface area contributed by atoms with Crippen molar-refractivity contribution in [1.82, 2.24) is 9.55 Å². The number of aromatic nitrogens is 2. The van der Waals surface area contributed by atoms with Crippen molar-refractivity contribution < 1.29 is 9.50 Å². The van der Waals surface area contributed by atoms with Crippen LogP contribution in [-0.4, -0.2) is 14.7 Å². The fourth-order valence-corrected chi connectivity index (χ4v) is 1.72. The van der Waals surface area contributed by atoms with E-state index in [4.69, 9.17) is 11.6 Å². The molecule has 2 aromatic rings. The Hall–Kier alpha value is -2.08. The number of nitrogens with one attached hydrogen (secondary N) is 1. The number of rotatable bonds is 1. The summed E-state index contributed by atoms with van der Waals surface area (Å²) in [6, 6.07) is 4.68. The first-order valence-electron chi connectivity index (χ1n) is 4.92. The van der Waals surface area contributed by atoms with Crippen LogP contribution >= 0.6 is 11.6 Å². The Morgan fingerprint density at radius 1 is 1.39 bits per heavy atom. The summed E-state index contributed by atoms with van der Waals surface area (Å²) in [7, 11) is 0. The molecule has 0 amide bonds. The highest BCUT2D eigenvalue weighted by Crippen LogP contribution is 2.24. The van der Waals surface area contributed by atoms with E-state index in [2.05, 4.69) is 0 Å². The van der Waals surface area contributed by atoms with Crippen LogP contribution < -0.4 is 11.2 Å². The Bertz CT molecular complexity index is 736. The van der Waals surface area contributed by atoms with Gasteiger partial charge in [-0.25, -0.2) is 9.36 Å². The number of aromatic amines is 1. The van der Waals surface area contributed by atoms with Crippen LogP contribution in [0.4, 0.5) is 4.39 Å². The van der Waals surface area contributed by atoms with Crippen LogP contribution in [-0.2, 0) is 0 Å². The van der Waals surface area contributed by atoms with Gasteiger partial charge in [0.15, 0.2) is 0 Å². The molecule has 2 rings (SSSR count). The first kappa shape index (κ1) is 12.4. The lowest BCUT2D eigenvalue weighted by atomic mass is 10.2. The maximum atomic E-state index is 13.3. The third-order valence-corrected chi connectivity index (χ3v) is 2.69. The quantitative estimate of drug-likeness (QED) is 0.821. The van der Waals surface area contributed by atoms with Crippen LogP contribution in [0.2, 0.25) is 5.02 Å². The number of H-pyrrole nitrogens is 1. The molecule has 0 saturated heterocycles. The zero-order valence-corrected chi connectivity index (χ0v) is 9.95. The zero-order chi connectivity index (χ0) is 13.4. The fraction of sp³-hybridized carbons (Fsp3) is 0.0909. The Kier molecular flexibility index (Phi) is 2.96. The van der Waals surface area contributed by atoms with E-state index in [1.165, 1.54) is 12.1 Å². The third-order valence-electron chi connectivity index (χ3n) is 2.37. The summed E-state index contributed by atoms with van der Waals surface area (Å²) in [5.41, 5.74) is -1.40. The summed E-state index contributed by atoms with van der Waals surface area (Å²) >= 11 is 5.88. The van der Waals surface area contributed by atoms with Crippen molar-refractivity contribution in [2.75, 3.05) is 0 Å². The minimum absolute atomic E-state index is 0.0920. The standard InChI is InChI=1S/C11H8ClFN2O3/c1-5-2-3-6(12)7(4-5)15-10(17)8(13)9(16)14-11(15)18/h2-4,17H,1H3,(H,14,16,18). The molecule has 0 aliphatic heterocycles. The molecule has 18 heavy (non-hydrogen) atoms. The van der Waals surface area contributed by atoms with Crippen molar-refractivity contribution in [3.63, 3.8) is 0 Å². The van der Waals surface area contributed by atoms with Gasteiger partial charge in [-0.1, -0.05) is 17.7 Å². The highest BCUT2D eigenvalue weighted by molar-refractivity contribution is 6.32. The zero-order valence-electron chi connectivity index (χ0n) is 9.20. The molecule has 0 fully saturated rings. The number of aryl methyl sites for hydroxylation is 1. The van der Waals surface area contributed by atoms with Gasteiger partial charge in [-0.3, -0.25) is 9.78 Å². The third kappa shape index (κ3) is 1.91. The number of hydrogen-bond acceptors (Lipinski definition) is 3. The molecular weight excluding hydrogens is 263 g/mol. The number of nitrogens with zero attached hydrogens (tertiary/aromatic N) is 1. The van der Waals surface area contributed by atoms with Gasteiger partial charge in [-0.05, 0) is 24.6 Å². The summed E-state index contributed by atoms with van der Waals surface area (Å²) in [5, 5.41) is 9.68. The van der Waals surface area contributed by atoms with Crippen LogP contribution in [0.25, 0.3) is 5.69 Å². The first-order valence-corrected chi connectivity index (χ1v) is 5.30. The predicted octanol–water partition coefficient (Wildman–Crippen LogP) is 1.33. The monoisotopic (exact) mass is 270 g/mol. The lowest BCUT2D eigenvalue weighted by Gasteiger charge is -2.10. The molecule has 0 atom stereocenters. The summed E-state index contributed by atoms with van der Waals surface area (Å²) < 4.78 is 13.9. The second-order valence-corrected chi connectivity index (χ2v) is 4.09. The molecule has 0 aliphatic carbocycles.